The van der Waals surface area contributed by atoms with Gasteiger partial charge in [-0.1, -0.05) is 12.8 Å². The van der Waals surface area contributed by atoms with Gasteiger partial charge in [0.1, 0.15) is 0 Å². The van der Waals surface area contributed by atoms with E-state index in [0.29, 0.717) is 5.56 Å². The van der Waals surface area contributed by atoms with Crippen LogP contribution < -0.4 is 5.48 Å². The summed E-state index contributed by atoms with van der Waals surface area (Å²) in [5.41, 5.74) is 3.91. The average Bonchev–Trinajstić information content (AvgIpc) is 2.80. The highest BCUT2D eigenvalue weighted by Gasteiger charge is 2.17. The van der Waals surface area contributed by atoms with Crippen molar-refractivity contribution in [3.63, 3.8) is 0 Å². The van der Waals surface area contributed by atoms with Crippen molar-refractivity contribution < 1.29 is 9.63 Å². The van der Waals surface area contributed by atoms with Crippen LogP contribution in [0.3, 0.4) is 0 Å². The molecule has 1 amide bonds. The van der Waals surface area contributed by atoms with Crippen molar-refractivity contribution in [2.24, 2.45) is 0 Å². The minimum absolute atomic E-state index is 0.183. The Labute approximate surface area is 95.0 Å². The first-order valence-corrected chi connectivity index (χ1v) is 5.64. The Hall–Kier alpha value is -1.42. The van der Waals surface area contributed by atoms with Gasteiger partial charge in [0.05, 0.1) is 11.7 Å². The van der Waals surface area contributed by atoms with Gasteiger partial charge in [0.15, 0.2) is 0 Å². The van der Waals surface area contributed by atoms with Gasteiger partial charge in [-0.15, -0.1) is 0 Å². The number of carbonyl (C=O) groups is 1. The Morgan fingerprint density at radius 1 is 1.44 bits per heavy atom. The summed E-state index contributed by atoms with van der Waals surface area (Å²) in [7, 11) is 0. The summed E-state index contributed by atoms with van der Waals surface area (Å²) in [4.78, 5) is 21.0. The molecule has 4 nitrogen and oxygen atoms in total. The molecule has 0 spiro atoms. The standard InChI is InChI=1S/C12H16N2O2/c1-9-6-7-10(8-13-9)12(15)14-16-11-4-2-3-5-11/h6-8,11H,2-5H2,1H3,(H,14,15). The lowest BCUT2D eigenvalue weighted by molar-refractivity contribution is -0.0125. The van der Waals surface area contributed by atoms with Crippen LogP contribution in [0.15, 0.2) is 18.3 Å². The fourth-order valence-corrected chi connectivity index (χ4v) is 1.80. The highest BCUT2D eigenvalue weighted by atomic mass is 16.7. The molecule has 0 saturated heterocycles. The van der Waals surface area contributed by atoms with Gasteiger partial charge in [0, 0.05) is 11.9 Å². The second-order valence-electron chi connectivity index (χ2n) is 4.14. The fourth-order valence-electron chi connectivity index (χ4n) is 1.80. The fraction of sp³-hybridized carbons (Fsp3) is 0.500. The van der Waals surface area contributed by atoms with Crippen LogP contribution >= 0.6 is 0 Å². The molecule has 1 aromatic heterocycles. The molecular weight excluding hydrogens is 204 g/mol. The average molecular weight is 220 g/mol. The highest BCUT2D eigenvalue weighted by Crippen LogP contribution is 2.19. The molecule has 1 N–H and O–H groups in total. The quantitative estimate of drug-likeness (QED) is 0.792. The normalized spacial score (nSPS) is 16.3. The van der Waals surface area contributed by atoms with Crippen molar-refractivity contribution in [1.82, 2.24) is 10.5 Å². The molecule has 1 saturated carbocycles. The predicted molar refractivity (Wildman–Crippen MR) is 59.8 cm³/mol. The number of amides is 1. The van der Waals surface area contributed by atoms with Gasteiger partial charge in [-0.2, -0.15) is 0 Å². The molecular formula is C12H16N2O2. The Bertz CT molecular complexity index is 356. The Kier molecular flexibility index (Phi) is 3.51. The molecule has 0 atom stereocenters. The lowest BCUT2D eigenvalue weighted by Crippen LogP contribution is -2.28. The minimum atomic E-state index is -0.223. The molecule has 1 fully saturated rings. The molecule has 0 unspecified atom stereocenters. The number of carbonyl (C=O) groups excluding carboxylic acids is 1. The smallest absolute Gasteiger partial charge is 0.270 e. The summed E-state index contributed by atoms with van der Waals surface area (Å²) >= 11 is 0. The predicted octanol–water partition coefficient (Wildman–Crippen LogP) is 1.99. The zero-order valence-corrected chi connectivity index (χ0v) is 9.40. The third-order valence-electron chi connectivity index (χ3n) is 2.79. The van der Waals surface area contributed by atoms with Crippen molar-refractivity contribution in [2.45, 2.75) is 38.7 Å². The van der Waals surface area contributed by atoms with Crippen LogP contribution in [-0.4, -0.2) is 17.0 Å². The number of hydrogen-bond donors (Lipinski definition) is 1. The number of rotatable bonds is 3. The van der Waals surface area contributed by atoms with Gasteiger partial charge < -0.3 is 0 Å². The molecule has 0 radical (unpaired) electrons. The molecule has 1 aliphatic rings. The van der Waals surface area contributed by atoms with Gasteiger partial charge in [0.25, 0.3) is 5.91 Å². The number of pyridine rings is 1. The van der Waals surface area contributed by atoms with E-state index in [1.807, 2.05) is 13.0 Å². The summed E-state index contributed by atoms with van der Waals surface area (Å²) in [6.45, 7) is 1.89. The van der Waals surface area contributed by atoms with E-state index in [4.69, 9.17) is 4.84 Å². The molecule has 86 valence electrons. The first-order chi connectivity index (χ1) is 7.75. The molecule has 2 rings (SSSR count). The van der Waals surface area contributed by atoms with Gasteiger partial charge in [-0.25, -0.2) is 5.48 Å². The third-order valence-corrected chi connectivity index (χ3v) is 2.79. The Morgan fingerprint density at radius 2 is 2.19 bits per heavy atom. The maximum absolute atomic E-state index is 11.6. The van der Waals surface area contributed by atoms with Crippen molar-refractivity contribution in [1.29, 1.82) is 0 Å². The summed E-state index contributed by atoms with van der Waals surface area (Å²) in [5.74, 6) is -0.223. The number of aryl methyl sites for hydroxylation is 1. The molecule has 1 heterocycles. The number of hydroxylamine groups is 1. The highest BCUT2D eigenvalue weighted by molar-refractivity contribution is 5.93. The third kappa shape index (κ3) is 2.79. The van der Waals surface area contributed by atoms with Gasteiger partial charge in [-0.05, 0) is 31.9 Å². The van der Waals surface area contributed by atoms with E-state index in [0.717, 1.165) is 18.5 Å². The van der Waals surface area contributed by atoms with E-state index in [1.165, 1.54) is 12.8 Å². The van der Waals surface area contributed by atoms with Crippen molar-refractivity contribution in [2.75, 3.05) is 0 Å². The van der Waals surface area contributed by atoms with Crippen LogP contribution in [-0.2, 0) is 4.84 Å². The van der Waals surface area contributed by atoms with Gasteiger partial charge in [-0.3, -0.25) is 14.6 Å². The molecule has 4 heteroatoms. The lowest BCUT2D eigenvalue weighted by atomic mass is 10.2. The van der Waals surface area contributed by atoms with Gasteiger partial charge >= 0.3 is 0 Å². The molecule has 1 aromatic rings. The van der Waals surface area contributed by atoms with Crippen molar-refractivity contribution >= 4 is 5.91 Å². The maximum Gasteiger partial charge on any atom is 0.276 e. The summed E-state index contributed by atoms with van der Waals surface area (Å²) in [6.07, 6.45) is 6.18. The van der Waals surface area contributed by atoms with E-state index < -0.39 is 0 Å². The lowest BCUT2D eigenvalue weighted by Gasteiger charge is -2.11. The Morgan fingerprint density at radius 3 is 2.81 bits per heavy atom. The second kappa shape index (κ2) is 5.07. The number of aromatic nitrogens is 1. The van der Waals surface area contributed by atoms with Crippen molar-refractivity contribution in [3.8, 4) is 0 Å². The molecule has 0 aliphatic heterocycles. The zero-order valence-electron chi connectivity index (χ0n) is 9.40. The molecule has 16 heavy (non-hydrogen) atoms. The molecule has 0 bridgehead atoms. The minimum Gasteiger partial charge on any atom is -0.270 e. The van der Waals surface area contributed by atoms with E-state index in [1.54, 1.807) is 12.3 Å². The van der Waals surface area contributed by atoms with E-state index in [2.05, 4.69) is 10.5 Å². The zero-order chi connectivity index (χ0) is 11.4. The number of nitrogens with one attached hydrogen (secondary N) is 1. The summed E-state index contributed by atoms with van der Waals surface area (Å²) in [5, 5.41) is 0. The van der Waals surface area contributed by atoms with Crippen LogP contribution in [0.4, 0.5) is 0 Å². The largest absolute Gasteiger partial charge is 0.276 e. The first-order valence-electron chi connectivity index (χ1n) is 5.64. The number of nitrogens with zero attached hydrogens (tertiary/aromatic N) is 1. The second-order valence-corrected chi connectivity index (χ2v) is 4.14. The Balaban J connectivity index is 1.85. The van der Waals surface area contributed by atoms with E-state index in [-0.39, 0.29) is 12.0 Å². The maximum atomic E-state index is 11.6. The summed E-state index contributed by atoms with van der Waals surface area (Å²) < 4.78 is 0. The monoisotopic (exact) mass is 220 g/mol. The van der Waals surface area contributed by atoms with E-state index in [9.17, 15) is 4.79 Å². The first kappa shape index (κ1) is 11.1. The SMILES string of the molecule is Cc1ccc(C(=O)NOC2CCCC2)cn1. The van der Waals surface area contributed by atoms with Crippen LogP contribution in [0.2, 0.25) is 0 Å². The van der Waals surface area contributed by atoms with E-state index >= 15 is 0 Å². The summed E-state index contributed by atoms with van der Waals surface area (Å²) in [6, 6.07) is 3.56. The van der Waals surface area contributed by atoms with Crippen LogP contribution in [0.25, 0.3) is 0 Å². The van der Waals surface area contributed by atoms with Gasteiger partial charge in [0.2, 0.25) is 0 Å². The number of hydrogen-bond acceptors (Lipinski definition) is 3. The van der Waals surface area contributed by atoms with Crippen LogP contribution in [0.5, 0.6) is 0 Å². The van der Waals surface area contributed by atoms with Crippen LogP contribution in [0, 0.1) is 6.92 Å². The van der Waals surface area contributed by atoms with Crippen LogP contribution in [0.1, 0.15) is 41.7 Å². The molecule has 0 aromatic carbocycles. The van der Waals surface area contributed by atoms with Crippen molar-refractivity contribution in [3.05, 3.63) is 29.6 Å². The molecule has 1 aliphatic carbocycles. The topological polar surface area (TPSA) is 51.2 Å².